The molecule has 0 saturated heterocycles. The Bertz CT molecular complexity index is 653. The molecule has 1 N–H and O–H groups in total. The molecule has 0 heterocycles. The van der Waals surface area contributed by atoms with Crippen molar-refractivity contribution in [2.24, 2.45) is 5.92 Å². The lowest BCUT2D eigenvalue weighted by Gasteiger charge is -2.23. The average molecular weight is 344 g/mol. The fraction of sp³-hybridized carbons (Fsp3) is 0.278. The van der Waals surface area contributed by atoms with E-state index in [4.69, 9.17) is 0 Å². The highest BCUT2D eigenvalue weighted by Crippen LogP contribution is 2.25. The van der Waals surface area contributed by atoms with Crippen LogP contribution in [0.5, 0.6) is 0 Å². The highest BCUT2D eigenvalue weighted by Gasteiger charge is 2.23. The Morgan fingerprint density at radius 1 is 1.14 bits per heavy atom. The van der Waals surface area contributed by atoms with Crippen LogP contribution >= 0.6 is 15.9 Å². The highest BCUT2D eigenvalue weighted by molar-refractivity contribution is 9.10. The summed E-state index contributed by atoms with van der Waals surface area (Å²) in [5.41, 5.74) is 3.84. The van der Waals surface area contributed by atoms with Gasteiger partial charge in [0.05, 0.1) is 0 Å². The van der Waals surface area contributed by atoms with Gasteiger partial charge >= 0.3 is 0 Å². The van der Waals surface area contributed by atoms with Gasteiger partial charge in [-0.1, -0.05) is 52.3 Å². The van der Waals surface area contributed by atoms with Crippen LogP contribution in [0.4, 0.5) is 0 Å². The fourth-order valence-electron chi connectivity index (χ4n) is 2.90. The Morgan fingerprint density at radius 2 is 1.95 bits per heavy atom. The van der Waals surface area contributed by atoms with Gasteiger partial charge in [-0.2, -0.15) is 0 Å². The zero-order valence-corrected chi connectivity index (χ0v) is 13.4. The minimum Gasteiger partial charge on any atom is -0.352 e. The molecular formula is C18H18BrNO. The Balaban J connectivity index is 1.59. The largest absolute Gasteiger partial charge is 0.352 e. The van der Waals surface area contributed by atoms with Gasteiger partial charge in [-0.05, 0) is 48.1 Å². The summed E-state index contributed by atoms with van der Waals surface area (Å²) >= 11 is 3.45. The van der Waals surface area contributed by atoms with Crippen LogP contribution in [0.3, 0.4) is 0 Å². The molecule has 1 aliphatic rings. The van der Waals surface area contributed by atoms with Crippen molar-refractivity contribution in [2.45, 2.75) is 25.8 Å². The molecule has 3 heteroatoms. The normalized spacial score (nSPS) is 17.1. The van der Waals surface area contributed by atoms with E-state index in [1.165, 1.54) is 11.1 Å². The maximum atomic E-state index is 12.3. The van der Waals surface area contributed by atoms with Crippen LogP contribution in [0.1, 0.15) is 23.1 Å². The third kappa shape index (κ3) is 3.53. The molecule has 0 aromatic heterocycles. The van der Waals surface area contributed by atoms with Crippen molar-refractivity contribution in [3.05, 3.63) is 69.7 Å². The first-order valence-electron chi connectivity index (χ1n) is 7.31. The molecule has 108 valence electrons. The van der Waals surface area contributed by atoms with Gasteiger partial charge in [0.25, 0.3) is 0 Å². The first-order valence-corrected chi connectivity index (χ1v) is 8.10. The van der Waals surface area contributed by atoms with E-state index in [9.17, 15) is 4.79 Å². The Labute approximate surface area is 133 Å². The highest BCUT2D eigenvalue weighted by atomic mass is 79.9. The molecule has 1 amide bonds. The van der Waals surface area contributed by atoms with Crippen LogP contribution in [-0.2, 0) is 24.2 Å². The summed E-state index contributed by atoms with van der Waals surface area (Å²) in [4.78, 5) is 12.3. The van der Waals surface area contributed by atoms with Gasteiger partial charge in [0.2, 0.25) is 5.91 Å². The van der Waals surface area contributed by atoms with Crippen LogP contribution in [0.15, 0.2) is 53.0 Å². The number of rotatable bonds is 3. The maximum absolute atomic E-state index is 12.3. The Hall–Kier alpha value is -1.61. The van der Waals surface area contributed by atoms with Gasteiger partial charge in [0, 0.05) is 16.9 Å². The summed E-state index contributed by atoms with van der Waals surface area (Å²) < 4.78 is 1.04. The predicted octanol–water partition coefficient (Wildman–Crippen LogP) is 3.87. The summed E-state index contributed by atoms with van der Waals surface area (Å²) in [5, 5.41) is 3.07. The lowest BCUT2D eigenvalue weighted by Crippen LogP contribution is -2.33. The van der Waals surface area contributed by atoms with E-state index in [2.05, 4.69) is 45.5 Å². The van der Waals surface area contributed by atoms with Gasteiger partial charge < -0.3 is 5.32 Å². The summed E-state index contributed by atoms with van der Waals surface area (Å²) in [6.45, 7) is 0.594. The van der Waals surface area contributed by atoms with Crippen molar-refractivity contribution in [1.82, 2.24) is 5.32 Å². The molecule has 21 heavy (non-hydrogen) atoms. The van der Waals surface area contributed by atoms with Crippen molar-refractivity contribution in [1.29, 1.82) is 0 Å². The van der Waals surface area contributed by atoms with Crippen LogP contribution in [0.2, 0.25) is 0 Å². The summed E-state index contributed by atoms with van der Waals surface area (Å²) in [7, 11) is 0. The van der Waals surface area contributed by atoms with E-state index in [0.29, 0.717) is 6.54 Å². The van der Waals surface area contributed by atoms with Crippen molar-refractivity contribution < 1.29 is 4.79 Å². The molecule has 0 saturated carbocycles. The van der Waals surface area contributed by atoms with Crippen molar-refractivity contribution in [3.63, 3.8) is 0 Å². The average Bonchev–Trinajstić information content (AvgIpc) is 2.52. The van der Waals surface area contributed by atoms with E-state index in [1.807, 2.05) is 24.3 Å². The quantitative estimate of drug-likeness (QED) is 0.900. The second kappa shape index (κ2) is 6.44. The lowest BCUT2D eigenvalue weighted by molar-refractivity contribution is -0.125. The van der Waals surface area contributed by atoms with E-state index in [1.54, 1.807) is 0 Å². The number of benzene rings is 2. The topological polar surface area (TPSA) is 29.1 Å². The molecule has 0 radical (unpaired) electrons. The molecule has 2 nitrogen and oxygen atoms in total. The zero-order chi connectivity index (χ0) is 14.7. The van der Waals surface area contributed by atoms with Crippen molar-refractivity contribution in [3.8, 4) is 0 Å². The van der Waals surface area contributed by atoms with E-state index in [-0.39, 0.29) is 11.8 Å². The molecule has 1 unspecified atom stereocenters. The molecule has 2 aromatic rings. The standard InChI is InChI=1S/C18H18BrNO/c19-17-7-3-4-13(10-17)12-20-18(21)16-9-8-14-5-1-2-6-15(14)11-16/h1-7,10,16H,8-9,11-12H2,(H,20,21). The number of halogens is 1. The summed E-state index contributed by atoms with van der Waals surface area (Å²) in [6.07, 6.45) is 2.81. The Kier molecular flexibility index (Phi) is 4.39. The molecule has 0 fully saturated rings. The third-order valence-corrected chi connectivity index (χ3v) is 4.57. The second-order valence-corrected chi connectivity index (χ2v) is 6.47. The molecule has 0 aliphatic heterocycles. The lowest BCUT2D eigenvalue weighted by atomic mass is 9.83. The minimum atomic E-state index is 0.104. The van der Waals surface area contributed by atoms with Crippen molar-refractivity contribution >= 4 is 21.8 Å². The molecule has 3 rings (SSSR count). The molecule has 0 bridgehead atoms. The first-order chi connectivity index (χ1) is 10.2. The van der Waals surface area contributed by atoms with Gasteiger partial charge in [-0.15, -0.1) is 0 Å². The second-order valence-electron chi connectivity index (χ2n) is 5.56. The monoisotopic (exact) mass is 343 g/mol. The van der Waals surface area contributed by atoms with Gasteiger partial charge in [0.15, 0.2) is 0 Å². The number of hydrogen-bond acceptors (Lipinski definition) is 1. The Morgan fingerprint density at radius 3 is 2.76 bits per heavy atom. The maximum Gasteiger partial charge on any atom is 0.223 e. The van der Waals surface area contributed by atoms with Crippen LogP contribution in [-0.4, -0.2) is 5.91 Å². The smallest absolute Gasteiger partial charge is 0.223 e. The van der Waals surface area contributed by atoms with Gasteiger partial charge in [-0.3, -0.25) is 4.79 Å². The molecular weight excluding hydrogens is 326 g/mol. The summed E-state index contributed by atoms with van der Waals surface area (Å²) in [5.74, 6) is 0.275. The van der Waals surface area contributed by atoms with E-state index in [0.717, 1.165) is 29.3 Å². The predicted molar refractivity (Wildman–Crippen MR) is 87.9 cm³/mol. The van der Waals surface area contributed by atoms with Crippen LogP contribution in [0.25, 0.3) is 0 Å². The van der Waals surface area contributed by atoms with Gasteiger partial charge in [-0.25, -0.2) is 0 Å². The number of amides is 1. The zero-order valence-electron chi connectivity index (χ0n) is 11.8. The first kappa shape index (κ1) is 14.3. The summed E-state index contributed by atoms with van der Waals surface area (Å²) in [6, 6.07) is 16.5. The van der Waals surface area contributed by atoms with Crippen LogP contribution in [0, 0.1) is 5.92 Å². The number of carbonyl (C=O) groups excluding carboxylic acids is 1. The number of fused-ring (bicyclic) bond motifs is 1. The molecule has 1 aliphatic carbocycles. The molecule has 0 spiro atoms. The number of nitrogens with one attached hydrogen (secondary N) is 1. The van der Waals surface area contributed by atoms with E-state index < -0.39 is 0 Å². The number of hydrogen-bond donors (Lipinski definition) is 1. The number of aryl methyl sites for hydroxylation is 1. The number of carbonyl (C=O) groups is 1. The molecule has 1 atom stereocenters. The minimum absolute atomic E-state index is 0.104. The molecule has 2 aromatic carbocycles. The van der Waals surface area contributed by atoms with E-state index >= 15 is 0 Å². The van der Waals surface area contributed by atoms with Gasteiger partial charge in [0.1, 0.15) is 0 Å². The van der Waals surface area contributed by atoms with Crippen molar-refractivity contribution in [2.75, 3.05) is 0 Å². The SMILES string of the molecule is O=C(NCc1cccc(Br)c1)C1CCc2ccccc2C1. The third-order valence-electron chi connectivity index (χ3n) is 4.07. The fourth-order valence-corrected chi connectivity index (χ4v) is 3.35. The van der Waals surface area contributed by atoms with Crippen LogP contribution < -0.4 is 5.32 Å².